The first kappa shape index (κ1) is 15.9. The van der Waals surface area contributed by atoms with Gasteiger partial charge in [-0.3, -0.25) is 0 Å². The molecule has 0 aliphatic rings. The molecule has 1 nitrogen and oxygen atoms in total. The highest BCUT2D eigenvalue weighted by Crippen LogP contribution is 2.39. The Morgan fingerprint density at radius 3 is 2.36 bits per heavy atom. The van der Waals surface area contributed by atoms with Gasteiger partial charge in [-0.25, -0.2) is 0 Å². The summed E-state index contributed by atoms with van der Waals surface area (Å²) < 4.78 is 7.11. The van der Waals surface area contributed by atoms with E-state index in [-0.39, 0.29) is 0 Å². The topological polar surface area (TPSA) is 13.1 Å². The fraction of sp³-hybridized carbons (Fsp3) is 0. The number of rotatable bonds is 1. The van der Waals surface area contributed by atoms with Gasteiger partial charge in [-0.05, 0) is 56.9 Å². The second kappa shape index (κ2) is 5.95. The molecule has 0 atom stereocenters. The zero-order valence-corrected chi connectivity index (χ0v) is 16.5. The summed E-state index contributed by atoms with van der Waals surface area (Å²) in [4.78, 5) is 0. The highest BCUT2D eigenvalue weighted by Gasteiger charge is 2.13. The zero-order valence-electron chi connectivity index (χ0n) is 14.9. The maximum Gasteiger partial charge on any atom is 0.136 e. The molecule has 0 amide bonds. The van der Waals surface area contributed by atoms with Crippen molar-refractivity contribution in [3.63, 3.8) is 0 Å². The van der Waals surface area contributed by atoms with E-state index in [1.807, 2.05) is 12.1 Å². The third-order valence-electron chi connectivity index (χ3n) is 5.52. The molecule has 0 aliphatic carbocycles. The van der Waals surface area contributed by atoms with Crippen LogP contribution in [0.3, 0.4) is 0 Å². The molecule has 0 aliphatic heterocycles. The summed E-state index contributed by atoms with van der Waals surface area (Å²) in [5.41, 5.74) is 4.27. The van der Waals surface area contributed by atoms with E-state index in [1.165, 1.54) is 32.7 Å². The number of hydrogen-bond acceptors (Lipinski definition) is 1. The fourth-order valence-corrected chi connectivity index (χ4v) is 4.81. The molecule has 0 spiro atoms. The Morgan fingerprint density at radius 1 is 0.571 bits per heavy atom. The lowest BCUT2D eigenvalue weighted by atomic mass is 9.93. The van der Waals surface area contributed by atoms with Gasteiger partial charge >= 0.3 is 0 Å². The Bertz CT molecular complexity index is 1520. The molecule has 6 aromatic rings. The van der Waals surface area contributed by atoms with Crippen LogP contribution in [0.1, 0.15) is 0 Å². The lowest BCUT2D eigenvalue weighted by Gasteiger charge is -2.10. The predicted octanol–water partition coefficient (Wildman–Crippen LogP) is 8.32. The van der Waals surface area contributed by atoms with E-state index in [1.54, 1.807) is 0 Å². The van der Waals surface area contributed by atoms with Crippen LogP contribution in [0, 0.1) is 0 Å². The van der Waals surface area contributed by atoms with Gasteiger partial charge in [0.05, 0.1) is 0 Å². The van der Waals surface area contributed by atoms with Gasteiger partial charge in [0, 0.05) is 15.2 Å². The van der Waals surface area contributed by atoms with Crippen LogP contribution >= 0.6 is 15.9 Å². The largest absolute Gasteiger partial charge is 0.456 e. The van der Waals surface area contributed by atoms with Gasteiger partial charge in [-0.2, -0.15) is 0 Å². The second-order valence-corrected chi connectivity index (χ2v) is 7.97. The van der Waals surface area contributed by atoms with Crippen LogP contribution in [-0.4, -0.2) is 0 Å². The average molecular weight is 423 g/mol. The van der Waals surface area contributed by atoms with Gasteiger partial charge in [0.1, 0.15) is 11.2 Å². The van der Waals surface area contributed by atoms with Crippen molar-refractivity contribution >= 4 is 59.4 Å². The van der Waals surface area contributed by atoms with Crippen molar-refractivity contribution in [3.8, 4) is 11.1 Å². The van der Waals surface area contributed by atoms with Crippen molar-refractivity contribution < 1.29 is 4.42 Å². The van der Waals surface area contributed by atoms with Crippen molar-refractivity contribution in [1.82, 2.24) is 0 Å². The third kappa shape index (κ3) is 2.25. The van der Waals surface area contributed by atoms with Crippen molar-refractivity contribution in [2.45, 2.75) is 0 Å². The number of hydrogen-bond donors (Lipinski definition) is 0. The minimum Gasteiger partial charge on any atom is -0.456 e. The van der Waals surface area contributed by atoms with Gasteiger partial charge in [0.2, 0.25) is 0 Å². The van der Waals surface area contributed by atoms with Gasteiger partial charge in [0.25, 0.3) is 0 Å². The molecule has 0 unspecified atom stereocenters. The first-order valence-electron chi connectivity index (χ1n) is 9.31. The molecule has 6 rings (SSSR count). The number of benzene rings is 5. The highest BCUT2D eigenvalue weighted by molar-refractivity contribution is 9.10. The fourth-order valence-electron chi connectivity index (χ4n) is 4.25. The van der Waals surface area contributed by atoms with E-state index >= 15 is 0 Å². The Hall–Kier alpha value is -3.10. The predicted molar refractivity (Wildman–Crippen MR) is 122 cm³/mol. The standard InChI is InChI=1S/C26H15BrO/c27-22-9-4-10-24-26(22)21-15-18(13-14-23(21)28-24)20-8-3-6-17-12-11-16-5-1-2-7-19(16)25(17)20/h1-15H. The Kier molecular flexibility index (Phi) is 3.38. The minimum absolute atomic E-state index is 0.907. The number of fused-ring (bicyclic) bond motifs is 6. The van der Waals surface area contributed by atoms with Gasteiger partial charge < -0.3 is 4.42 Å². The summed E-state index contributed by atoms with van der Waals surface area (Å²) in [5.74, 6) is 0. The smallest absolute Gasteiger partial charge is 0.136 e. The van der Waals surface area contributed by atoms with Crippen LogP contribution in [0.4, 0.5) is 0 Å². The Labute approximate surface area is 170 Å². The first-order valence-corrected chi connectivity index (χ1v) is 10.1. The quantitative estimate of drug-likeness (QED) is 0.242. The van der Waals surface area contributed by atoms with E-state index in [9.17, 15) is 0 Å². The molecule has 0 saturated carbocycles. The van der Waals surface area contributed by atoms with Crippen LogP contribution < -0.4 is 0 Å². The van der Waals surface area contributed by atoms with Crippen molar-refractivity contribution in [1.29, 1.82) is 0 Å². The lowest BCUT2D eigenvalue weighted by molar-refractivity contribution is 0.669. The van der Waals surface area contributed by atoms with Crippen LogP contribution in [0.15, 0.2) is 99.9 Å². The molecule has 5 aromatic carbocycles. The van der Waals surface area contributed by atoms with E-state index in [0.717, 1.165) is 26.4 Å². The molecular formula is C26H15BrO. The van der Waals surface area contributed by atoms with Crippen molar-refractivity contribution in [3.05, 3.63) is 95.5 Å². The summed E-state index contributed by atoms with van der Waals surface area (Å²) in [6.45, 7) is 0. The molecule has 1 aromatic heterocycles. The number of furan rings is 1. The Balaban J connectivity index is 1.73. The van der Waals surface area contributed by atoms with Gasteiger partial charge in [-0.1, -0.05) is 82.7 Å². The lowest BCUT2D eigenvalue weighted by Crippen LogP contribution is -1.84. The van der Waals surface area contributed by atoms with Gasteiger partial charge in [0.15, 0.2) is 0 Å². The molecule has 132 valence electrons. The maximum absolute atomic E-state index is 6.05. The van der Waals surface area contributed by atoms with E-state index in [2.05, 4.69) is 94.8 Å². The summed E-state index contributed by atoms with van der Waals surface area (Å²) >= 11 is 3.69. The Morgan fingerprint density at radius 2 is 1.39 bits per heavy atom. The molecule has 28 heavy (non-hydrogen) atoms. The average Bonchev–Trinajstić information content (AvgIpc) is 3.12. The SMILES string of the molecule is Brc1cccc2oc3ccc(-c4cccc5ccc6ccccc6c45)cc3c12. The molecule has 0 bridgehead atoms. The summed E-state index contributed by atoms with van der Waals surface area (Å²) in [7, 11) is 0. The van der Waals surface area contributed by atoms with Crippen molar-refractivity contribution in [2.75, 3.05) is 0 Å². The zero-order chi connectivity index (χ0) is 18.7. The third-order valence-corrected chi connectivity index (χ3v) is 6.19. The van der Waals surface area contributed by atoms with Crippen molar-refractivity contribution in [2.24, 2.45) is 0 Å². The molecule has 0 fully saturated rings. The van der Waals surface area contributed by atoms with E-state index < -0.39 is 0 Å². The molecule has 0 radical (unpaired) electrons. The monoisotopic (exact) mass is 422 g/mol. The van der Waals surface area contributed by atoms with Crippen LogP contribution in [0.2, 0.25) is 0 Å². The molecule has 0 N–H and O–H groups in total. The molecule has 2 heteroatoms. The summed E-state index contributed by atoms with van der Waals surface area (Å²) in [5, 5.41) is 7.37. The number of halogens is 1. The van der Waals surface area contributed by atoms with Crippen LogP contribution in [0.5, 0.6) is 0 Å². The summed E-state index contributed by atoms with van der Waals surface area (Å²) in [6, 6.07) is 32.1. The molecular weight excluding hydrogens is 408 g/mol. The summed E-state index contributed by atoms with van der Waals surface area (Å²) in [6.07, 6.45) is 0. The first-order chi connectivity index (χ1) is 13.8. The molecule has 0 saturated heterocycles. The van der Waals surface area contributed by atoms with E-state index in [4.69, 9.17) is 4.42 Å². The second-order valence-electron chi connectivity index (χ2n) is 7.12. The van der Waals surface area contributed by atoms with Gasteiger partial charge in [-0.15, -0.1) is 0 Å². The molecule has 1 heterocycles. The van der Waals surface area contributed by atoms with Crippen LogP contribution in [0.25, 0.3) is 54.6 Å². The maximum atomic E-state index is 6.05. The normalized spacial score (nSPS) is 11.8. The highest BCUT2D eigenvalue weighted by atomic mass is 79.9. The van der Waals surface area contributed by atoms with Crippen LogP contribution in [-0.2, 0) is 0 Å². The van der Waals surface area contributed by atoms with E-state index in [0.29, 0.717) is 0 Å². The minimum atomic E-state index is 0.907.